The quantitative estimate of drug-likeness (QED) is 0.701. The molecule has 1 atom stereocenters. The van der Waals surface area contributed by atoms with E-state index in [4.69, 9.17) is 0 Å². The Morgan fingerprint density at radius 1 is 1.50 bits per heavy atom. The van der Waals surface area contributed by atoms with E-state index in [1.165, 1.54) is 0 Å². The zero-order valence-corrected chi connectivity index (χ0v) is 9.73. The van der Waals surface area contributed by atoms with Gasteiger partial charge in [0.15, 0.2) is 0 Å². The van der Waals surface area contributed by atoms with Gasteiger partial charge in [-0.1, -0.05) is 13.8 Å². The van der Waals surface area contributed by atoms with Crippen LogP contribution in [0.3, 0.4) is 0 Å². The summed E-state index contributed by atoms with van der Waals surface area (Å²) in [6.45, 7) is 5.75. The minimum Gasteiger partial charge on any atom is -0.315 e. The van der Waals surface area contributed by atoms with E-state index in [0.29, 0.717) is 5.92 Å². The lowest BCUT2D eigenvalue weighted by molar-refractivity contribution is 0.545. The minimum atomic E-state index is -3.05. The first-order chi connectivity index (χ1) is 6.49. The Balaban J connectivity index is 2.33. The van der Waals surface area contributed by atoms with E-state index in [9.17, 15) is 8.42 Å². The zero-order valence-electron chi connectivity index (χ0n) is 8.91. The molecule has 1 saturated heterocycles. The summed E-state index contributed by atoms with van der Waals surface area (Å²) >= 11 is 0. The molecule has 0 spiro atoms. The van der Waals surface area contributed by atoms with Crippen molar-refractivity contribution in [2.75, 3.05) is 18.8 Å². The van der Waals surface area contributed by atoms with Gasteiger partial charge in [0, 0.05) is 12.6 Å². The summed E-state index contributed by atoms with van der Waals surface area (Å²) in [5.74, 6) is 0.689. The smallest absolute Gasteiger partial charge is 0.211 e. The first-order valence-corrected chi connectivity index (χ1v) is 6.85. The summed E-state index contributed by atoms with van der Waals surface area (Å²) < 4.78 is 25.8. The van der Waals surface area contributed by atoms with E-state index < -0.39 is 10.0 Å². The molecule has 1 heterocycles. The molecule has 0 aromatic heterocycles. The van der Waals surface area contributed by atoms with Gasteiger partial charge in [0.2, 0.25) is 10.0 Å². The predicted octanol–water partition coefficient (Wildman–Crippen LogP) is 0.314. The molecular formula is C9H20N2O2S. The van der Waals surface area contributed by atoms with Gasteiger partial charge in [-0.25, -0.2) is 13.1 Å². The van der Waals surface area contributed by atoms with Gasteiger partial charge in [-0.3, -0.25) is 0 Å². The third-order valence-electron chi connectivity index (χ3n) is 2.37. The molecular weight excluding hydrogens is 200 g/mol. The topological polar surface area (TPSA) is 58.2 Å². The SMILES string of the molecule is CC(C)CCS(=O)(=O)N[C@@H]1CCNC1. The molecule has 5 heteroatoms. The van der Waals surface area contributed by atoms with E-state index in [1.54, 1.807) is 0 Å². The van der Waals surface area contributed by atoms with Crippen molar-refractivity contribution < 1.29 is 8.42 Å². The lowest BCUT2D eigenvalue weighted by Gasteiger charge is -2.12. The van der Waals surface area contributed by atoms with Crippen molar-refractivity contribution >= 4 is 10.0 Å². The highest BCUT2D eigenvalue weighted by Gasteiger charge is 2.20. The Kier molecular flexibility index (Phi) is 4.34. The number of nitrogens with one attached hydrogen (secondary N) is 2. The van der Waals surface area contributed by atoms with Crippen LogP contribution >= 0.6 is 0 Å². The molecule has 0 aromatic carbocycles. The van der Waals surface area contributed by atoms with Gasteiger partial charge in [0.1, 0.15) is 0 Å². The second-order valence-electron chi connectivity index (χ2n) is 4.31. The standard InChI is InChI=1S/C9H20N2O2S/c1-8(2)4-6-14(12,13)11-9-3-5-10-7-9/h8-11H,3-7H2,1-2H3/t9-/m1/s1. The third-order valence-corrected chi connectivity index (χ3v) is 3.84. The van der Waals surface area contributed by atoms with Crippen LogP contribution in [-0.4, -0.2) is 33.3 Å². The van der Waals surface area contributed by atoms with Crippen LogP contribution in [0.1, 0.15) is 26.7 Å². The molecule has 84 valence electrons. The number of hydrogen-bond donors (Lipinski definition) is 2. The van der Waals surface area contributed by atoms with E-state index in [2.05, 4.69) is 10.0 Å². The monoisotopic (exact) mass is 220 g/mol. The molecule has 14 heavy (non-hydrogen) atoms. The average Bonchev–Trinajstić information content (AvgIpc) is 2.53. The van der Waals surface area contributed by atoms with Gasteiger partial charge in [-0.05, 0) is 25.3 Å². The number of hydrogen-bond acceptors (Lipinski definition) is 3. The van der Waals surface area contributed by atoms with E-state index in [0.717, 1.165) is 25.9 Å². The first kappa shape index (κ1) is 11.9. The Hall–Kier alpha value is -0.130. The molecule has 0 aliphatic carbocycles. The highest BCUT2D eigenvalue weighted by atomic mass is 32.2. The highest BCUT2D eigenvalue weighted by molar-refractivity contribution is 7.89. The summed E-state index contributed by atoms with van der Waals surface area (Å²) in [5, 5.41) is 3.13. The van der Waals surface area contributed by atoms with Crippen LogP contribution < -0.4 is 10.0 Å². The van der Waals surface area contributed by atoms with Crippen LogP contribution in [0.25, 0.3) is 0 Å². The van der Waals surface area contributed by atoms with Crippen LogP contribution in [0.5, 0.6) is 0 Å². The lowest BCUT2D eigenvalue weighted by atomic mass is 10.2. The maximum atomic E-state index is 11.6. The van der Waals surface area contributed by atoms with E-state index in [1.807, 2.05) is 13.8 Å². The summed E-state index contributed by atoms with van der Waals surface area (Å²) in [7, 11) is -3.05. The van der Waals surface area contributed by atoms with Gasteiger partial charge < -0.3 is 5.32 Å². The fourth-order valence-corrected chi connectivity index (χ4v) is 3.07. The molecule has 1 rings (SSSR count). The molecule has 0 radical (unpaired) electrons. The van der Waals surface area contributed by atoms with Crippen molar-refractivity contribution in [1.29, 1.82) is 0 Å². The molecule has 1 aliphatic rings. The van der Waals surface area contributed by atoms with Crippen LogP contribution in [0, 0.1) is 5.92 Å². The van der Waals surface area contributed by atoms with Crippen molar-refractivity contribution in [1.82, 2.24) is 10.0 Å². The molecule has 0 amide bonds. The molecule has 0 aromatic rings. The third kappa shape index (κ3) is 4.39. The van der Waals surface area contributed by atoms with Gasteiger partial charge in [-0.2, -0.15) is 0 Å². The Labute approximate surface area is 86.5 Å². The number of sulfonamides is 1. The predicted molar refractivity (Wildman–Crippen MR) is 57.7 cm³/mol. The Bertz CT molecular complexity index is 256. The maximum absolute atomic E-state index is 11.6. The average molecular weight is 220 g/mol. The summed E-state index contributed by atoms with van der Waals surface area (Å²) in [6.07, 6.45) is 1.64. The summed E-state index contributed by atoms with van der Waals surface area (Å²) in [6, 6.07) is 0.104. The molecule has 0 bridgehead atoms. The van der Waals surface area contributed by atoms with Crippen molar-refractivity contribution in [2.45, 2.75) is 32.7 Å². The van der Waals surface area contributed by atoms with Crippen molar-refractivity contribution in [3.05, 3.63) is 0 Å². The number of rotatable bonds is 5. The normalized spacial score (nSPS) is 23.2. The lowest BCUT2D eigenvalue weighted by Crippen LogP contribution is -2.37. The fourth-order valence-electron chi connectivity index (χ4n) is 1.46. The molecule has 4 nitrogen and oxygen atoms in total. The molecule has 0 saturated carbocycles. The van der Waals surface area contributed by atoms with Crippen LogP contribution in [-0.2, 0) is 10.0 Å². The second kappa shape index (κ2) is 5.09. The highest BCUT2D eigenvalue weighted by Crippen LogP contribution is 2.04. The van der Waals surface area contributed by atoms with Crippen LogP contribution in [0.4, 0.5) is 0 Å². The van der Waals surface area contributed by atoms with Crippen molar-refractivity contribution in [3.8, 4) is 0 Å². The zero-order chi connectivity index (χ0) is 10.6. The van der Waals surface area contributed by atoms with Gasteiger partial charge in [0.05, 0.1) is 5.75 Å². The fraction of sp³-hybridized carbons (Fsp3) is 1.00. The van der Waals surface area contributed by atoms with E-state index in [-0.39, 0.29) is 11.8 Å². The maximum Gasteiger partial charge on any atom is 0.211 e. The van der Waals surface area contributed by atoms with Gasteiger partial charge in [0.25, 0.3) is 0 Å². The molecule has 0 unspecified atom stereocenters. The minimum absolute atomic E-state index is 0.104. The molecule has 1 fully saturated rings. The van der Waals surface area contributed by atoms with Gasteiger partial charge in [-0.15, -0.1) is 0 Å². The van der Waals surface area contributed by atoms with Crippen molar-refractivity contribution in [2.24, 2.45) is 5.92 Å². The van der Waals surface area contributed by atoms with E-state index >= 15 is 0 Å². The summed E-state index contributed by atoms with van der Waals surface area (Å²) in [4.78, 5) is 0. The Morgan fingerprint density at radius 2 is 2.21 bits per heavy atom. The first-order valence-electron chi connectivity index (χ1n) is 5.20. The molecule has 2 N–H and O–H groups in total. The van der Waals surface area contributed by atoms with Crippen molar-refractivity contribution in [3.63, 3.8) is 0 Å². The van der Waals surface area contributed by atoms with Crippen LogP contribution in [0.2, 0.25) is 0 Å². The van der Waals surface area contributed by atoms with Gasteiger partial charge >= 0.3 is 0 Å². The summed E-state index contributed by atoms with van der Waals surface area (Å²) in [5.41, 5.74) is 0. The second-order valence-corrected chi connectivity index (χ2v) is 6.18. The largest absolute Gasteiger partial charge is 0.315 e. The molecule has 1 aliphatic heterocycles. The Morgan fingerprint density at radius 3 is 2.71 bits per heavy atom. The van der Waals surface area contributed by atoms with Crippen LogP contribution in [0.15, 0.2) is 0 Å².